The molecule has 5 rings (SSSR count). The van der Waals surface area contributed by atoms with Crippen molar-refractivity contribution in [1.29, 1.82) is 0 Å². The van der Waals surface area contributed by atoms with Crippen molar-refractivity contribution in [1.82, 2.24) is 0 Å². The number of carbonyl (C=O) groups is 1. The van der Waals surface area contributed by atoms with Crippen LogP contribution in [0, 0.1) is 28.6 Å². The maximum atomic E-state index is 13.1. The lowest BCUT2D eigenvalue weighted by atomic mass is 9.41. The van der Waals surface area contributed by atoms with Gasteiger partial charge in [0.1, 0.15) is 5.76 Å². The van der Waals surface area contributed by atoms with Gasteiger partial charge in [0.15, 0.2) is 6.29 Å². The summed E-state index contributed by atoms with van der Waals surface area (Å²) in [6.07, 6.45) is 7.15. The predicted octanol–water partition coefficient (Wildman–Crippen LogP) is 3.28. The normalized spacial score (nSPS) is 43.1. The van der Waals surface area contributed by atoms with Crippen molar-refractivity contribution in [2.75, 3.05) is 26.9 Å². The number of aliphatic hydroxyl groups excluding tert-OH is 1. The zero-order chi connectivity index (χ0) is 20.2. The standard InChI is InChI=1S/C23H32O6/c1-14-15-4-5-19-22(20(25)26-2)7-3-8-23(19,21(29-13-22)28-11-9-24)17(15)12-18-16(14)6-10-27-18/h6,10,14-15,17,19,21,24H,3-5,7-9,11-13H2,1-2H3/t14-,15+,17+,19+,21-,22+,23+/m1/s1. The number of hydrogen-bond acceptors (Lipinski definition) is 6. The molecule has 3 aliphatic carbocycles. The van der Waals surface area contributed by atoms with E-state index in [1.54, 1.807) is 0 Å². The smallest absolute Gasteiger partial charge is 0.314 e. The molecule has 160 valence electrons. The summed E-state index contributed by atoms with van der Waals surface area (Å²) in [5.41, 5.74) is 0.506. The van der Waals surface area contributed by atoms with Crippen LogP contribution >= 0.6 is 0 Å². The fourth-order valence-electron chi connectivity index (χ4n) is 7.69. The molecule has 1 aromatic rings. The van der Waals surface area contributed by atoms with Crippen LogP contribution in [0.5, 0.6) is 0 Å². The van der Waals surface area contributed by atoms with E-state index in [1.807, 2.05) is 6.26 Å². The van der Waals surface area contributed by atoms with E-state index in [0.29, 0.717) is 24.4 Å². The lowest BCUT2D eigenvalue weighted by Gasteiger charge is -2.66. The van der Waals surface area contributed by atoms with Gasteiger partial charge in [0.25, 0.3) is 0 Å². The Hall–Kier alpha value is -1.37. The first-order valence-corrected chi connectivity index (χ1v) is 11.1. The zero-order valence-electron chi connectivity index (χ0n) is 17.4. The molecule has 0 unspecified atom stereocenters. The predicted molar refractivity (Wildman–Crippen MR) is 104 cm³/mol. The van der Waals surface area contributed by atoms with Gasteiger partial charge in [-0.15, -0.1) is 0 Å². The molecule has 2 heterocycles. The average molecular weight is 405 g/mol. The van der Waals surface area contributed by atoms with Gasteiger partial charge >= 0.3 is 5.97 Å². The van der Waals surface area contributed by atoms with Crippen molar-refractivity contribution in [3.05, 3.63) is 23.7 Å². The van der Waals surface area contributed by atoms with Crippen LogP contribution in [0.25, 0.3) is 0 Å². The lowest BCUT2D eigenvalue weighted by Crippen LogP contribution is -2.68. The van der Waals surface area contributed by atoms with Gasteiger partial charge in [-0.3, -0.25) is 4.79 Å². The molecule has 0 aromatic carbocycles. The number of methoxy groups -OCH3 is 1. The third-order valence-electron chi connectivity index (χ3n) is 8.75. The van der Waals surface area contributed by atoms with Crippen molar-refractivity contribution < 1.29 is 28.5 Å². The third kappa shape index (κ3) is 2.55. The van der Waals surface area contributed by atoms with Gasteiger partial charge < -0.3 is 23.7 Å². The maximum Gasteiger partial charge on any atom is 0.314 e. The van der Waals surface area contributed by atoms with Crippen LogP contribution < -0.4 is 0 Å². The third-order valence-corrected chi connectivity index (χ3v) is 8.75. The highest BCUT2D eigenvalue weighted by Crippen LogP contribution is 2.69. The molecule has 6 heteroatoms. The molecular weight excluding hydrogens is 372 g/mol. The summed E-state index contributed by atoms with van der Waals surface area (Å²) in [5, 5.41) is 9.40. The van der Waals surface area contributed by atoms with Gasteiger partial charge in [-0.05, 0) is 61.0 Å². The van der Waals surface area contributed by atoms with Crippen LogP contribution in [0.15, 0.2) is 16.7 Å². The maximum absolute atomic E-state index is 13.1. The quantitative estimate of drug-likeness (QED) is 0.776. The Labute approximate surface area is 171 Å². The second-order valence-corrected chi connectivity index (χ2v) is 9.54. The average Bonchev–Trinajstić information content (AvgIpc) is 3.21. The molecule has 1 aliphatic heterocycles. The van der Waals surface area contributed by atoms with E-state index < -0.39 is 11.7 Å². The molecule has 0 spiro atoms. The number of carbonyl (C=O) groups excluding carboxylic acids is 1. The Morgan fingerprint density at radius 3 is 3.00 bits per heavy atom. The highest BCUT2D eigenvalue weighted by atomic mass is 16.7. The number of furan rings is 1. The van der Waals surface area contributed by atoms with E-state index in [4.69, 9.17) is 18.6 Å². The second-order valence-electron chi connectivity index (χ2n) is 9.54. The summed E-state index contributed by atoms with van der Waals surface area (Å²) in [7, 11) is 1.49. The van der Waals surface area contributed by atoms with E-state index >= 15 is 0 Å². The molecule has 1 N–H and O–H groups in total. The van der Waals surface area contributed by atoms with Crippen molar-refractivity contribution in [3.63, 3.8) is 0 Å². The van der Waals surface area contributed by atoms with Gasteiger partial charge in [-0.1, -0.05) is 13.3 Å². The Kier molecular flexibility index (Phi) is 4.80. The Bertz CT molecular complexity index is 773. The molecule has 7 atom stereocenters. The van der Waals surface area contributed by atoms with Gasteiger partial charge in [0.2, 0.25) is 0 Å². The molecule has 4 aliphatic rings. The number of hydrogen-bond donors (Lipinski definition) is 1. The van der Waals surface area contributed by atoms with E-state index in [9.17, 15) is 9.90 Å². The summed E-state index contributed by atoms with van der Waals surface area (Å²) in [4.78, 5) is 13.1. The van der Waals surface area contributed by atoms with Crippen molar-refractivity contribution >= 4 is 5.97 Å². The van der Waals surface area contributed by atoms with Crippen LogP contribution in [0.3, 0.4) is 0 Å². The summed E-state index contributed by atoms with van der Waals surface area (Å²) < 4.78 is 23.7. The Balaban J connectivity index is 1.61. The minimum absolute atomic E-state index is 0.0322. The topological polar surface area (TPSA) is 78.1 Å². The van der Waals surface area contributed by atoms with Gasteiger partial charge in [-0.2, -0.15) is 0 Å². The molecule has 1 aromatic heterocycles. The molecule has 0 radical (unpaired) electrons. The molecule has 2 bridgehead atoms. The van der Waals surface area contributed by atoms with Gasteiger partial charge in [0, 0.05) is 11.8 Å². The molecule has 3 fully saturated rings. The minimum atomic E-state index is -0.580. The Morgan fingerprint density at radius 1 is 1.34 bits per heavy atom. The summed E-state index contributed by atoms with van der Waals surface area (Å²) in [6, 6.07) is 2.12. The summed E-state index contributed by atoms with van der Waals surface area (Å²) in [5.74, 6) is 2.41. The molecule has 0 amide bonds. The van der Waals surface area contributed by atoms with Gasteiger partial charge in [-0.25, -0.2) is 0 Å². The molecule has 29 heavy (non-hydrogen) atoms. The first-order valence-electron chi connectivity index (χ1n) is 11.1. The fourth-order valence-corrected chi connectivity index (χ4v) is 7.69. The molecular formula is C23H32O6. The first kappa shape index (κ1) is 19.6. The van der Waals surface area contributed by atoms with Crippen molar-refractivity contribution in [3.8, 4) is 0 Å². The lowest BCUT2D eigenvalue weighted by molar-refractivity contribution is -0.333. The number of rotatable bonds is 4. The SMILES string of the molecule is COC(=O)[C@@]12CCC[C@]3([C@H](OCCO)OC1)[C@H]1Cc4occc4[C@H](C)[C@@H]1CC[C@@H]23. The van der Waals surface area contributed by atoms with Crippen molar-refractivity contribution in [2.45, 2.75) is 57.7 Å². The van der Waals surface area contributed by atoms with E-state index in [2.05, 4.69) is 13.0 Å². The van der Waals surface area contributed by atoms with Crippen LogP contribution in [-0.2, 0) is 25.4 Å². The minimum Gasteiger partial charge on any atom is -0.469 e. The molecule has 6 nitrogen and oxygen atoms in total. The largest absolute Gasteiger partial charge is 0.469 e. The van der Waals surface area contributed by atoms with Gasteiger partial charge in [0.05, 0.1) is 38.6 Å². The number of ether oxygens (including phenoxy) is 3. The van der Waals surface area contributed by atoms with Crippen molar-refractivity contribution in [2.24, 2.45) is 28.6 Å². The first-order chi connectivity index (χ1) is 14.1. The number of esters is 1. The monoisotopic (exact) mass is 404 g/mol. The summed E-state index contributed by atoms with van der Waals surface area (Å²) in [6.45, 7) is 2.88. The van der Waals surface area contributed by atoms with Crippen LogP contribution in [0.2, 0.25) is 0 Å². The summed E-state index contributed by atoms with van der Waals surface area (Å²) >= 11 is 0. The number of aliphatic hydroxyl groups is 1. The van der Waals surface area contributed by atoms with Crippen LogP contribution in [0.1, 0.15) is 56.3 Å². The van der Waals surface area contributed by atoms with Crippen LogP contribution in [-0.4, -0.2) is 44.3 Å². The second kappa shape index (κ2) is 7.10. The molecule has 2 saturated carbocycles. The molecule has 1 saturated heterocycles. The zero-order valence-corrected chi connectivity index (χ0v) is 17.4. The van der Waals surface area contributed by atoms with E-state index in [0.717, 1.165) is 44.3 Å². The highest BCUT2D eigenvalue weighted by molar-refractivity contribution is 5.78. The highest BCUT2D eigenvalue weighted by Gasteiger charge is 2.70. The van der Waals surface area contributed by atoms with Crippen LogP contribution in [0.4, 0.5) is 0 Å². The van der Waals surface area contributed by atoms with E-state index in [1.165, 1.54) is 12.7 Å². The van der Waals surface area contributed by atoms with E-state index in [-0.39, 0.29) is 30.5 Å². The Morgan fingerprint density at radius 2 is 2.21 bits per heavy atom. The number of fused-ring (bicyclic) bond motifs is 2. The fraction of sp³-hybridized carbons (Fsp3) is 0.783.